The lowest BCUT2D eigenvalue weighted by atomic mass is 9.98. The largest absolute Gasteiger partial charge is 0.356 e. The Kier molecular flexibility index (Phi) is 1.12. The summed E-state index contributed by atoms with van der Waals surface area (Å²) in [6.45, 7) is 3.84. The highest BCUT2D eigenvalue weighted by atomic mass is 16.5. The highest BCUT2D eigenvalue weighted by molar-refractivity contribution is 5.90. The summed E-state index contributed by atoms with van der Waals surface area (Å²) in [7, 11) is 0. The van der Waals surface area contributed by atoms with Crippen molar-refractivity contribution < 1.29 is 9.53 Å². The van der Waals surface area contributed by atoms with Gasteiger partial charge < -0.3 is 4.74 Å². The van der Waals surface area contributed by atoms with E-state index < -0.39 is 5.60 Å². The predicted molar refractivity (Wildman–Crippen MR) is 41.3 cm³/mol. The Hall–Kier alpha value is -0.630. The topological polar surface area (TPSA) is 26.3 Å². The molecule has 2 aliphatic heterocycles. The van der Waals surface area contributed by atoms with Crippen LogP contribution in [-0.4, -0.2) is 17.0 Å². The molecule has 2 heterocycles. The van der Waals surface area contributed by atoms with Crippen LogP contribution in [0, 0.1) is 0 Å². The van der Waals surface area contributed by atoms with Crippen LogP contribution in [0.15, 0.2) is 12.2 Å². The van der Waals surface area contributed by atoms with E-state index in [1.807, 2.05) is 19.9 Å². The van der Waals surface area contributed by atoms with Crippen molar-refractivity contribution in [3.63, 3.8) is 0 Å². The number of carbonyl (C=O) groups is 1. The van der Waals surface area contributed by atoms with Gasteiger partial charge in [0.2, 0.25) is 0 Å². The van der Waals surface area contributed by atoms with Gasteiger partial charge in [0.25, 0.3) is 0 Å². The van der Waals surface area contributed by atoms with Crippen LogP contribution in [0.4, 0.5) is 0 Å². The molecule has 0 saturated carbocycles. The lowest BCUT2D eigenvalue weighted by Crippen LogP contribution is -2.35. The first-order chi connectivity index (χ1) is 5.04. The Balaban J connectivity index is 2.43. The van der Waals surface area contributed by atoms with E-state index in [1.165, 1.54) is 0 Å². The Morgan fingerprint density at radius 3 is 2.82 bits per heavy atom. The first kappa shape index (κ1) is 7.04. The van der Waals surface area contributed by atoms with E-state index in [0.29, 0.717) is 6.42 Å². The van der Waals surface area contributed by atoms with Gasteiger partial charge in [0, 0.05) is 12.8 Å². The van der Waals surface area contributed by atoms with Crippen molar-refractivity contribution in [1.29, 1.82) is 0 Å². The Labute approximate surface area is 66.2 Å². The van der Waals surface area contributed by atoms with Gasteiger partial charge in [-0.1, -0.05) is 12.2 Å². The molecule has 2 aliphatic rings. The van der Waals surface area contributed by atoms with Gasteiger partial charge in [-0.05, 0) is 13.8 Å². The maximum absolute atomic E-state index is 11.4. The van der Waals surface area contributed by atoms with Crippen LogP contribution in [0.3, 0.4) is 0 Å². The van der Waals surface area contributed by atoms with Crippen LogP contribution in [0.5, 0.6) is 0 Å². The zero-order chi connectivity index (χ0) is 8.11. The van der Waals surface area contributed by atoms with Crippen LogP contribution in [0.2, 0.25) is 0 Å². The molecule has 11 heavy (non-hydrogen) atoms. The summed E-state index contributed by atoms with van der Waals surface area (Å²) < 4.78 is 5.65. The molecule has 2 atom stereocenters. The molecule has 0 aromatic heterocycles. The molecule has 2 rings (SSSR count). The molecule has 0 aromatic carbocycles. The Bertz CT molecular complexity index is 244. The SMILES string of the molecule is C[C@@]12C=CC[C@@](C)(O1)C(=O)C2. The highest BCUT2D eigenvalue weighted by Crippen LogP contribution is 2.41. The second-order valence-corrected chi connectivity index (χ2v) is 3.85. The van der Waals surface area contributed by atoms with E-state index >= 15 is 0 Å². The maximum atomic E-state index is 11.4. The fraction of sp³-hybridized carbons (Fsp3) is 0.667. The van der Waals surface area contributed by atoms with Gasteiger partial charge >= 0.3 is 0 Å². The molecule has 0 amide bonds. The third-order valence-electron chi connectivity index (χ3n) is 2.54. The van der Waals surface area contributed by atoms with E-state index in [0.717, 1.165) is 6.42 Å². The number of fused-ring (bicyclic) bond motifs is 2. The molecule has 2 bridgehead atoms. The number of ether oxygens (including phenoxy) is 1. The van der Waals surface area contributed by atoms with Crippen LogP contribution >= 0.6 is 0 Å². The summed E-state index contributed by atoms with van der Waals surface area (Å²) in [5, 5.41) is 0. The molecule has 0 N–H and O–H groups in total. The molecule has 60 valence electrons. The van der Waals surface area contributed by atoms with Crippen molar-refractivity contribution in [3.05, 3.63) is 12.2 Å². The fourth-order valence-electron chi connectivity index (χ4n) is 1.89. The summed E-state index contributed by atoms with van der Waals surface area (Å²) in [5.74, 6) is 0.241. The molecule has 1 fully saturated rings. The predicted octanol–water partition coefficient (Wildman–Crippen LogP) is 1.45. The van der Waals surface area contributed by atoms with Gasteiger partial charge in [-0.15, -0.1) is 0 Å². The molecule has 0 unspecified atom stereocenters. The van der Waals surface area contributed by atoms with E-state index in [4.69, 9.17) is 4.74 Å². The number of carbonyl (C=O) groups excluding carboxylic acids is 1. The normalized spacial score (nSPS) is 48.4. The van der Waals surface area contributed by atoms with Crippen LogP contribution in [0.25, 0.3) is 0 Å². The van der Waals surface area contributed by atoms with Gasteiger partial charge in [0.1, 0.15) is 5.60 Å². The van der Waals surface area contributed by atoms with Gasteiger partial charge in [0.05, 0.1) is 5.60 Å². The van der Waals surface area contributed by atoms with Crippen molar-refractivity contribution in [2.45, 2.75) is 37.9 Å². The van der Waals surface area contributed by atoms with Gasteiger partial charge in [-0.3, -0.25) is 4.79 Å². The number of Topliss-reactive ketones (excluding diaryl/α,β-unsaturated/α-hetero) is 1. The number of hydrogen-bond donors (Lipinski definition) is 0. The molecule has 0 aliphatic carbocycles. The average Bonchev–Trinajstić information content (AvgIpc) is 1.99. The first-order valence-corrected chi connectivity index (χ1v) is 3.95. The molecule has 2 heteroatoms. The zero-order valence-corrected chi connectivity index (χ0v) is 6.89. The summed E-state index contributed by atoms with van der Waals surface area (Å²) in [5.41, 5.74) is -0.812. The third-order valence-corrected chi connectivity index (χ3v) is 2.54. The summed E-state index contributed by atoms with van der Waals surface area (Å²) in [6.07, 6.45) is 5.33. The van der Waals surface area contributed by atoms with Crippen molar-refractivity contribution >= 4 is 5.78 Å². The number of ketones is 1. The summed E-state index contributed by atoms with van der Waals surface area (Å²) >= 11 is 0. The highest BCUT2D eigenvalue weighted by Gasteiger charge is 2.50. The minimum Gasteiger partial charge on any atom is -0.356 e. The molecule has 2 nitrogen and oxygen atoms in total. The number of hydrogen-bond acceptors (Lipinski definition) is 2. The Morgan fingerprint density at radius 1 is 1.55 bits per heavy atom. The van der Waals surface area contributed by atoms with Crippen molar-refractivity contribution in [2.24, 2.45) is 0 Å². The molecule has 1 saturated heterocycles. The Morgan fingerprint density at radius 2 is 2.27 bits per heavy atom. The minimum atomic E-state index is -0.510. The van der Waals surface area contributed by atoms with E-state index in [2.05, 4.69) is 6.08 Å². The number of rotatable bonds is 0. The molecule has 0 aromatic rings. The smallest absolute Gasteiger partial charge is 0.167 e. The molecular weight excluding hydrogens is 140 g/mol. The fourth-order valence-corrected chi connectivity index (χ4v) is 1.89. The van der Waals surface area contributed by atoms with Gasteiger partial charge in [-0.2, -0.15) is 0 Å². The summed E-state index contributed by atoms with van der Waals surface area (Å²) in [4.78, 5) is 11.4. The van der Waals surface area contributed by atoms with Crippen molar-refractivity contribution in [2.75, 3.05) is 0 Å². The van der Waals surface area contributed by atoms with Gasteiger partial charge in [0.15, 0.2) is 5.78 Å². The minimum absolute atomic E-state index is 0.241. The average molecular weight is 152 g/mol. The molecule has 0 spiro atoms. The lowest BCUT2D eigenvalue weighted by Gasteiger charge is -2.29. The summed E-state index contributed by atoms with van der Waals surface area (Å²) in [6, 6.07) is 0. The second kappa shape index (κ2) is 1.75. The van der Waals surface area contributed by atoms with E-state index in [-0.39, 0.29) is 11.4 Å². The molecule has 0 radical (unpaired) electrons. The van der Waals surface area contributed by atoms with E-state index in [9.17, 15) is 4.79 Å². The maximum Gasteiger partial charge on any atom is 0.167 e. The lowest BCUT2D eigenvalue weighted by molar-refractivity contribution is -0.134. The first-order valence-electron chi connectivity index (χ1n) is 3.95. The monoisotopic (exact) mass is 152 g/mol. The van der Waals surface area contributed by atoms with E-state index in [1.54, 1.807) is 0 Å². The van der Waals surface area contributed by atoms with Crippen molar-refractivity contribution in [3.8, 4) is 0 Å². The quantitative estimate of drug-likeness (QED) is 0.491. The third kappa shape index (κ3) is 0.857. The second-order valence-electron chi connectivity index (χ2n) is 3.85. The van der Waals surface area contributed by atoms with Gasteiger partial charge in [-0.25, -0.2) is 0 Å². The standard InChI is InChI=1S/C9H12O2/c1-8-4-3-5-9(2,11-8)7(10)6-8/h3-4H,5-6H2,1-2H3/t8-,9+/m0/s1. The molecular formula is C9H12O2. The van der Waals surface area contributed by atoms with Crippen LogP contribution in [0.1, 0.15) is 26.7 Å². The van der Waals surface area contributed by atoms with Crippen LogP contribution in [-0.2, 0) is 9.53 Å². The van der Waals surface area contributed by atoms with Crippen molar-refractivity contribution in [1.82, 2.24) is 0 Å². The zero-order valence-electron chi connectivity index (χ0n) is 6.89. The van der Waals surface area contributed by atoms with Crippen LogP contribution < -0.4 is 0 Å².